The second-order valence-electron chi connectivity index (χ2n) is 8.81. The smallest absolute Gasteiger partial charge is 0.102 e. The van der Waals surface area contributed by atoms with E-state index in [2.05, 4.69) is 55.4 Å². The average Bonchev–Trinajstić information content (AvgIpc) is 2.64. The van der Waals surface area contributed by atoms with E-state index in [-0.39, 0.29) is 33.9 Å². The molecule has 5 nitrogen and oxygen atoms in total. The lowest BCUT2D eigenvalue weighted by atomic mass is 9.86. The van der Waals surface area contributed by atoms with Gasteiger partial charge in [0.05, 0.1) is 51.8 Å². The molecule has 168 valence electrons. The predicted octanol–water partition coefficient (Wildman–Crippen LogP) is 5.12. The molecule has 1 rings (SSSR count). The summed E-state index contributed by atoms with van der Waals surface area (Å²) in [6, 6.07) is 0. The van der Waals surface area contributed by atoms with E-state index in [0.717, 1.165) is 12.8 Å². The van der Waals surface area contributed by atoms with Gasteiger partial charge < -0.3 is 23.7 Å². The van der Waals surface area contributed by atoms with Gasteiger partial charge in [0, 0.05) is 10.8 Å². The molecular formula is C22H44O5S. The molecule has 1 fully saturated rings. The van der Waals surface area contributed by atoms with E-state index in [9.17, 15) is 0 Å². The third-order valence-electron chi connectivity index (χ3n) is 5.39. The fraction of sp³-hybridized carbons (Fsp3) is 1.00. The van der Waals surface area contributed by atoms with Crippen LogP contribution in [0.3, 0.4) is 0 Å². The number of hydrogen-bond acceptors (Lipinski definition) is 6. The van der Waals surface area contributed by atoms with Gasteiger partial charge in [0.2, 0.25) is 0 Å². The first kappa shape index (κ1) is 26.2. The van der Waals surface area contributed by atoms with Crippen molar-refractivity contribution < 1.29 is 23.7 Å². The minimum atomic E-state index is -0.136. The highest BCUT2D eigenvalue weighted by molar-refractivity contribution is 8.00. The van der Waals surface area contributed by atoms with Crippen molar-refractivity contribution in [3.8, 4) is 0 Å². The molecule has 0 aromatic carbocycles. The molecule has 0 saturated carbocycles. The standard InChI is InChI=1S/C22H44O5S/c1-9-21(13-24-17(3)4,14-25-18(5)6)11-23-12-22(10-2)15-26-19(7)28-20(8)27-16-22/h17-20H,9-16H2,1-8H3. The normalized spacial score (nSPS) is 27.2. The summed E-state index contributed by atoms with van der Waals surface area (Å²) in [5, 5.41) is 0. The third-order valence-corrected chi connectivity index (χ3v) is 6.43. The van der Waals surface area contributed by atoms with Crippen LogP contribution >= 0.6 is 11.8 Å². The summed E-state index contributed by atoms with van der Waals surface area (Å²) in [7, 11) is 0. The zero-order valence-corrected chi connectivity index (χ0v) is 20.2. The van der Waals surface area contributed by atoms with Crippen molar-refractivity contribution in [3.05, 3.63) is 0 Å². The third kappa shape index (κ3) is 9.31. The van der Waals surface area contributed by atoms with Crippen LogP contribution in [-0.4, -0.2) is 62.7 Å². The summed E-state index contributed by atoms with van der Waals surface area (Å²) < 4.78 is 30.4. The van der Waals surface area contributed by atoms with E-state index >= 15 is 0 Å². The monoisotopic (exact) mass is 420 g/mol. The van der Waals surface area contributed by atoms with E-state index in [1.165, 1.54) is 0 Å². The average molecular weight is 421 g/mol. The van der Waals surface area contributed by atoms with Gasteiger partial charge in [0.15, 0.2) is 0 Å². The fourth-order valence-electron chi connectivity index (χ4n) is 2.97. The fourth-order valence-corrected chi connectivity index (χ4v) is 3.80. The first-order chi connectivity index (χ1) is 13.2. The summed E-state index contributed by atoms with van der Waals surface area (Å²) in [6.07, 6.45) is 2.30. The topological polar surface area (TPSA) is 46.2 Å². The molecule has 2 unspecified atom stereocenters. The Morgan fingerprint density at radius 2 is 1.43 bits per heavy atom. The lowest BCUT2D eigenvalue weighted by Gasteiger charge is -2.39. The van der Waals surface area contributed by atoms with E-state index < -0.39 is 0 Å². The zero-order chi connectivity index (χ0) is 21.2. The number of ether oxygens (including phenoxy) is 5. The number of hydrogen-bond donors (Lipinski definition) is 0. The Bertz CT molecular complexity index is 392. The second kappa shape index (κ2) is 12.8. The van der Waals surface area contributed by atoms with Crippen LogP contribution in [0.4, 0.5) is 0 Å². The van der Waals surface area contributed by atoms with E-state index in [1.54, 1.807) is 11.8 Å². The SMILES string of the molecule is CCC(COCC1(CC)COC(C)SC(C)OC1)(COC(C)C)COC(C)C. The van der Waals surface area contributed by atoms with Gasteiger partial charge in [0.1, 0.15) is 10.9 Å². The van der Waals surface area contributed by atoms with Crippen molar-refractivity contribution in [2.45, 2.75) is 91.3 Å². The van der Waals surface area contributed by atoms with Crippen LogP contribution in [0.25, 0.3) is 0 Å². The van der Waals surface area contributed by atoms with Crippen LogP contribution in [0, 0.1) is 10.8 Å². The quantitative estimate of drug-likeness (QED) is 0.437. The van der Waals surface area contributed by atoms with E-state index in [0.29, 0.717) is 39.6 Å². The molecule has 1 aliphatic rings. The van der Waals surface area contributed by atoms with Gasteiger partial charge in [-0.05, 0) is 54.4 Å². The van der Waals surface area contributed by atoms with Crippen molar-refractivity contribution >= 4 is 11.8 Å². The maximum absolute atomic E-state index is 6.33. The van der Waals surface area contributed by atoms with Crippen LogP contribution in [-0.2, 0) is 23.7 Å². The van der Waals surface area contributed by atoms with Crippen LogP contribution in [0.15, 0.2) is 0 Å². The Hall–Kier alpha value is 0.150. The zero-order valence-electron chi connectivity index (χ0n) is 19.4. The van der Waals surface area contributed by atoms with E-state index in [4.69, 9.17) is 23.7 Å². The molecule has 0 spiro atoms. The summed E-state index contributed by atoms with van der Waals surface area (Å²) in [5.41, 5.74) is 0.0222. The summed E-state index contributed by atoms with van der Waals surface area (Å²) >= 11 is 1.72. The molecule has 0 aliphatic carbocycles. The summed E-state index contributed by atoms with van der Waals surface area (Å²) in [6.45, 7) is 20.7. The molecule has 0 amide bonds. The maximum atomic E-state index is 6.33. The Kier molecular flexibility index (Phi) is 11.9. The van der Waals surface area contributed by atoms with Gasteiger partial charge in [-0.1, -0.05) is 25.6 Å². The highest BCUT2D eigenvalue weighted by Crippen LogP contribution is 2.33. The molecule has 1 aliphatic heterocycles. The van der Waals surface area contributed by atoms with Crippen LogP contribution < -0.4 is 0 Å². The highest BCUT2D eigenvalue weighted by atomic mass is 32.2. The molecule has 0 bridgehead atoms. The molecule has 0 N–H and O–H groups in total. The lowest BCUT2D eigenvalue weighted by Crippen LogP contribution is -2.43. The molecule has 0 aromatic heterocycles. The highest BCUT2D eigenvalue weighted by Gasteiger charge is 2.36. The van der Waals surface area contributed by atoms with Crippen molar-refractivity contribution in [2.24, 2.45) is 10.8 Å². The molecule has 28 heavy (non-hydrogen) atoms. The van der Waals surface area contributed by atoms with Crippen LogP contribution in [0.1, 0.15) is 68.2 Å². The summed E-state index contributed by atoms with van der Waals surface area (Å²) in [4.78, 5) is 0. The minimum absolute atomic E-state index is 0.110. The lowest BCUT2D eigenvalue weighted by molar-refractivity contribution is -0.125. The molecule has 1 heterocycles. The molecule has 6 heteroatoms. The predicted molar refractivity (Wildman–Crippen MR) is 117 cm³/mol. The van der Waals surface area contributed by atoms with Crippen molar-refractivity contribution in [2.75, 3.05) is 39.6 Å². The largest absolute Gasteiger partial charge is 0.380 e. The van der Waals surface area contributed by atoms with Crippen molar-refractivity contribution in [1.29, 1.82) is 0 Å². The Balaban J connectivity index is 2.74. The Morgan fingerprint density at radius 1 is 0.929 bits per heavy atom. The molecule has 1 saturated heterocycles. The molecule has 2 atom stereocenters. The van der Waals surface area contributed by atoms with Crippen molar-refractivity contribution in [1.82, 2.24) is 0 Å². The minimum Gasteiger partial charge on any atom is -0.380 e. The Morgan fingerprint density at radius 3 is 1.82 bits per heavy atom. The van der Waals surface area contributed by atoms with Crippen LogP contribution in [0.5, 0.6) is 0 Å². The summed E-state index contributed by atoms with van der Waals surface area (Å²) in [5.74, 6) is 0. The van der Waals surface area contributed by atoms with Crippen molar-refractivity contribution in [3.63, 3.8) is 0 Å². The van der Waals surface area contributed by atoms with Gasteiger partial charge in [0.25, 0.3) is 0 Å². The molecular weight excluding hydrogens is 376 g/mol. The molecule has 0 aromatic rings. The maximum Gasteiger partial charge on any atom is 0.102 e. The van der Waals surface area contributed by atoms with E-state index in [1.807, 2.05) is 0 Å². The Labute approximate surface area is 177 Å². The first-order valence-corrected chi connectivity index (χ1v) is 11.8. The van der Waals surface area contributed by atoms with Gasteiger partial charge >= 0.3 is 0 Å². The molecule has 0 radical (unpaired) electrons. The van der Waals surface area contributed by atoms with Crippen LogP contribution in [0.2, 0.25) is 0 Å². The number of rotatable bonds is 12. The second-order valence-corrected chi connectivity index (χ2v) is 10.4. The first-order valence-electron chi connectivity index (χ1n) is 10.9. The van der Waals surface area contributed by atoms with Gasteiger partial charge in [-0.3, -0.25) is 0 Å². The van der Waals surface area contributed by atoms with Gasteiger partial charge in [-0.2, -0.15) is 0 Å². The van der Waals surface area contributed by atoms with Gasteiger partial charge in [-0.15, -0.1) is 0 Å². The van der Waals surface area contributed by atoms with Gasteiger partial charge in [-0.25, -0.2) is 0 Å². The number of thioether (sulfide) groups is 1.